The fourth-order valence-electron chi connectivity index (χ4n) is 2.52. The van der Waals surface area contributed by atoms with Crippen molar-refractivity contribution in [2.45, 2.75) is 90.5 Å². The van der Waals surface area contributed by atoms with Gasteiger partial charge >= 0.3 is 0 Å². The van der Waals surface area contributed by atoms with E-state index in [4.69, 9.17) is 5.73 Å². The number of aliphatic hydroxyl groups excluding tert-OH is 2. The number of rotatable bonds is 14. The first-order valence-corrected chi connectivity index (χ1v) is 9.37. The summed E-state index contributed by atoms with van der Waals surface area (Å²) in [6.45, 7) is 6.24. The quantitative estimate of drug-likeness (QED) is 0.326. The Hall–Kier alpha value is -0.640. The second-order valence-electron chi connectivity index (χ2n) is 6.89. The Morgan fingerprint density at radius 3 is 2.09 bits per heavy atom. The highest BCUT2D eigenvalue weighted by molar-refractivity contribution is 5.17. The van der Waals surface area contributed by atoms with Crippen molar-refractivity contribution < 1.29 is 10.2 Å². The molecule has 0 radical (unpaired) electrons. The summed E-state index contributed by atoms with van der Waals surface area (Å²) in [5, 5.41) is 18.5. The van der Waals surface area contributed by atoms with Gasteiger partial charge in [-0.25, -0.2) is 0 Å². The zero-order valence-corrected chi connectivity index (χ0v) is 15.6. The van der Waals surface area contributed by atoms with Crippen molar-refractivity contribution in [3.63, 3.8) is 0 Å². The molecule has 0 aliphatic carbocycles. The average molecular weight is 326 g/mol. The zero-order chi connectivity index (χ0) is 17.6. The molecule has 0 aromatic carbocycles. The summed E-state index contributed by atoms with van der Waals surface area (Å²) in [5.41, 5.74) is 7.82. The van der Waals surface area contributed by atoms with Crippen molar-refractivity contribution in [2.75, 3.05) is 13.2 Å². The number of unbranched alkanes of at least 4 members (excludes halogenated alkanes) is 5. The minimum atomic E-state index is -0.856. The van der Waals surface area contributed by atoms with E-state index in [9.17, 15) is 10.2 Å². The minimum Gasteiger partial charge on any atom is -0.394 e. The van der Waals surface area contributed by atoms with Gasteiger partial charge in [0, 0.05) is 0 Å². The zero-order valence-electron chi connectivity index (χ0n) is 15.6. The van der Waals surface area contributed by atoms with Crippen LogP contribution in [0.15, 0.2) is 23.3 Å². The van der Waals surface area contributed by atoms with Gasteiger partial charge in [0.25, 0.3) is 0 Å². The third-order valence-electron chi connectivity index (χ3n) is 4.56. The van der Waals surface area contributed by atoms with Crippen LogP contribution in [0.3, 0.4) is 0 Å². The van der Waals surface area contributed by atoms with Crippen molar-refractivity contribution in [1.82, 2.24) is 0 Å². The van der Waals surface area contributed by atoms with E-state index in [1.165, 1.54) is 56.1 Å². The summed E-state index contributed by atoms with van der Waals surface area (Å²) in [4.78, 5) is 0. The highest BCUT2D eigenvalue weighted by Gasteiger charge is 2.22. The molecule has 0 atom stereocenters. The molecule has 4 N–H and O–H groups in total. The predicted octanol–water partition coefficient (Wildman–Crippen LogP) is 4.48. The van der Waals surface area contributed by atoms with Gasteiger partial charge < -0.3 is 15.9 Å². The summed E-state index contributed by atoms with van der Waals surface area (Å²) < 4.78 is 0. The molecule has 23 heavy (non-hydrogen) atoms. The van der Waals surface area contributed by atoms with Gasteiger partial charge in [0.2, 0.25) is 0 Å². The molecule has 0 aliphatic heterocycles. The number of hydrogen-bond donors (Lipinski definition) is 3. The molecule has 0 unspecified atom stereocenters. The van der Waals surface area contributed by atoms with Gasteiger partial charge in [0.1, 0.15) is 0 Å². The maximum Gasteiger partial charge on any atom is 0.0633 e. The predicted molar refractivity (Wildman–Crippen MR) is 100 cm³/mol. The van der Waals surface area contributed by atoms with Crippen LogP contribution < -0.4 is 5.73 Å². The van der Waals surface area contributed by atoms with Gasteiger partial charge in [-0.05, 0) is 39.0 Å². The summed E-state index contributed by atoms with van der Waals surface area (Å²) in [6.07, 6.45) is 16.0. The summed E-state index contributed by atoms with van der Waals surface area (Å²) in [6, 6.07) is 0. The molecule has 3 heteroatoms. The molecule has 0 aromatic heterocycles. The average Bonchev–Trinajstić information content (AvgIpc) is 2.57. The Morgan fingerprint density at radius 1 is 0.913 bits per heavy atom. The minimum absolute atomic E-state index is 0.173. The first-order chi connectivity index (χ1) is 11.0. The van der Waals surface area contributed by atoms with Crippen molar-refractivity contribution in [3.8, 4) is 0 Å². The molecule has 0 aliphatic rings. The van der Waals surface area contributed by atoms with E-state index >= 15 is 0 Å². The normalized spacial score (nSPS) is 13.7. The van der Waals surface area contributed by atoms with Crippen LogP contribution in [0.4, 0.5) is 0 Å². The van der Waals surface area contributed by atoms with Crippen LogP contribution in [-0.2, 0) is 0 Å². The molecule has 0 spiro atoms. The molecular weight excluding hydrogens is 286 g/mol. The molecule has 0 rings (SSSR count). The number of allylic oxidation sites excluding steroid dienone is 4. The monoisotopic (exact) mass is 325 g/mol. The van der Waals surface area contributed by atoms with Crippen LogP contribution >= 0.6 is 0 Å². The Balaban J connectivity index is 4.18. The van der Waals surface area contributed by atoms with E-state index in [0.717, 1.165) is 12.8 Å². The van der Waals surface area contributed by atoms with Gasteiger partial charge in [-0.3, -0.25) is 0 Å². The van der Waals surface area contributed by atoms with Crippen molar-refractivity contribution in [1.29, 1.82) is 0 Å². The summed E-state index contributed by atoms with van der Waals surface area (Å²) in [7, 11) is 0. The number of nitrogens with two attached hydrogens (primary N) is 1. The molecule has 0 bridgehead atoms. The molecule has 0 saturated carbocycles. The molecule has 3 nitrogen and oxygen atoms in total. The van der Waals surface area contributed by atoms with Gasteiger partial charge in [-0.15, -0.1) is 0 Å². The molecule has 0 saturated heterocycles. The van der Waals surface area contributed by atoms with Gasteiger partial charge in [-0.1, -0.05) is 69.2 Å². The highest BCUT2D eigenvalue weighted by atomic mass is 16.3. The van der Waals surface area contributed by atoms with Crippen LogP contribution in [0.5, 0.6) is 0 Å². The van der Waals surface area contributed by atoms with E-state index in [2.05, 4.69) is 32.9 Å². The lowest BCUT2D eigenvalue weighted by Gasteiger charge is -2.24. The lowest BCUT2D eigenvalue weighted by Crippen LogP contribution is -2.47. The maximum atomic E-state index is 9.25. The second kappa shape index (κ2) is 13.8. The van der Waals surface area contributed by atoms with Crippen LogP contribution in [0.1, 0.15) is 85.0 Å². The first-order valence-electron chi connectivity index (χ1n) is 9.37. The van der Waals surface area contributed by atoms with E-state index < -0.39 is 5.54 Å². The third-order valence-corrected chi connectivity index (χ3v) is 4.56. The molecule has 0 fully saturated rings. The molecule has 136 valence electrons. The SMILES string of the molecule is CCCCCCCCC(C)=CC=C(CC)CCC(N)(CO)CO. The van der Waals surface area contributed by atoms with Crippen molar-refractivity contribution >= 4 is 0 Å². The Morgan fingerprint density at radius 2 is 1.52 bits per heavy atom. The third kappa shape index (κ3) is 11.5. The van der Waals surface area contributed by atoms with E-state index in [0.29, 0.717) is 6.42 Å². The number of aliphatic hydroxyl groups is 2. The van der Waals surface area contributed by atoms with Gasteiger partial charge in [0.15, 0.2) is 0 Å². The van der Waals surface area contributed by atoms with Crippen molar-refractivity contribution in [2.24, 2.45) is 5.73 Å². The topological polar surface area (TPSA) is 66.5 Å². The van der Waals surface area contributed by atoms with Crippen molar-refractivity contribution in [3.05, 3.63) is 23.3 Å². The molecule has 0 heterocycles. The van der Waals surface area contributed by atoms with E-state index in [1.807, 2.05) is 0 Å². The Kier molecular flexibility index (Phi) is 13.4. The Labute approximate surface area is 143 Å². The highest BCUT2D eigenvalue weighted by Crippen LogP contribution is 2.18. The maximum absolute atomic E-state index is 9.25. The van der Waals surface area contributed by atoms with E-state index in [1.54, 1.807) is 0 Å². The lowest BCUT2D eigenvalue weighted by molar-refractivity contribution is 0.114. The van der Waals surface area contributed by atoms with E-state index in [-0.39, 0.29) is 13.2 Å². The Bertz CT molecular complexity index is 344. The first kappa shape index (κ1) is 22.4. The van der Waals surface area contributed by atoms with Gasteiger partial charge in [0.05, 0.1) is 18.8 Å². The van der Waals surface area contributed by atoms with Gasteiger partial charge in [-0.2, -0.15) is 0 Å². The summed E-state index contributed by atoms with van der Waals surface area (Å²) >= 11 is 0. The molecule has 0 aromatic rings. The molecule has 0 amide bonds. The largest absolute Gasteiger partial charge is 0.394 e. The van der Waals surface area contributed by atoms with Crippen LogP contribution in [0, 0.1) is 0 Å². The number of hydrogen-bond acceptors (Lipinski definition) is 3. The van der Waals surface area contributed by atoms with Crippen LogP contribution in [0.25, 0.3) is 0 Å². The smallest absolute Gasteiger partial charge is 0.0633 e. The summed E-state index contributed by atoms with van der Waals surface area (Å²) in [5.74, 6) is 0. The molecular formula is C20H39NO2. The second-order valence-corrected chi connectivity index (χ2v) is 6.89. The fraction of sp³-hybridized carbons (Fsp3) is 0.800. The fourth-order valence-corrected chi connectivity index (χ4v) is 2.52. The van der Waals surface area contributed by atoms with Crippen LogP contribution in [0.2, 0.25) is 0 Å². The standard InChI is InChI=1S/C20H39NO2/c1-4-6-7-8-9-10-11-18(3)12-13-19(5-2)14-15-20(21,16-22)17-23/h12-13,22-23H,4-11,14-17,21H2,1-3H3. The lowest BCUT2D eigenvalue weighted by atomic mass is 9.93. The van der Waals surface area contributed by atoms with Crippen LogP contribution in [-0.4, -0.2) is 29.0 Å².